The minimum absolute atomic E-state index is 0.0683. The lowest BCUT2D eigenvalue weighted by Gasteiger charge is -2.56. The highest BCUT2D eigenvalue weighted by atomic mass is 32.2. The summed E-state index contributed by atoms with van der Waals surface area (Å²) in [5.74, 6) is 0.629. The van der Waals surface area contributed by atoms with Crippen LogP contribution in [0.25, 0.3) is 11.0 Å². The molecule has 1 aliphatic carbocycles. The summed E-state index contributed by atoms with van der Waals surface area (Å²) in [6, 6.07) is 22.0. The molecule has 14 nitrogen and oxygen atoms in total. The molecular weight excluding hydrogens is 829 g/mol. The number of nitrogens with two attached hydrogens (primary N) is 1. The molecule has 3 aromatic carbocycles. The Labute approximate surface area is 375 Å². The Hall–Kier alpha value is -5.35. The standard InChI is InChI=1S/C49H60N8O6S/c1-32(2)38-7-4-5-8-39(38)42-9-6-16-57(42)35-27-49(28-35)13-17-56(18-14-49)34-10-11-40(43(24-34)63-36-23-33-12-15-51-46(33)52-29-36)47(58)54-64(59,60)37-25-41(50)45-44(26-37)62-31-48(3,53-45)30-55-19-21-61-22-20-55/h4-5,7-8,10-12,15,23-26,29,32,35,42,53H,6,9,13-14,16-22,27-28,30-31,50H2,1-3H3,(H,51,52)(H,54,58)/t42-,48?/m0/s1. The number of sulfonamides is 1. The van der Waals surface area contributed by atoms with E-state index in [1.165, 1.54) is 55.5 Å². The summed E-state index contributed by atoms with van der Waals surface area (Å²) in [5, 5.41) is 4.34. The van der Waals surface area contributed by atoms with Crippen LogP contribution in [0.3, 0.4) is 0 Å². The van der Waals surface area contributed by atoms with Crippen LogP contribution in [-0.4, -0.2) is 105 Å². The van der Waals surface area contributed by atoms with Crippen molar-refractivity contribution in [2.45, 2.75) is 87.7 Å². The molecule has 15 heteroatoms. The van der Waals surface area contributed by atoms with Gasteiger partial charge in [0.1, 0.15) is 35.2 Å². The molecule has 1 saturated carbocycles. The van der Waals surface area contributed by atoms with Crippen molar-refractivity contribution in [3.63, 3.8) is 0 Å². The fourth-order valence-corrected chi connectivity index (χ4v) is 12.0. The predicted octanol–water partition coefficient (Wildman–Crippen LogP) is 7.66. The van der Waals surface area contributed by atoms with Crippen molar-refractivity contribution < 1.29 is 27.4 Å². The number of H-pyrrole nitrogens is 1. The normalized spacial score (nSPS) is 22.8. The molecule has 10 rings (SSSR count). The second kappa shape index (κ2) is 16.9. The van der Waals surface area contributed by atoms with Crippen molar-refractivity contribution in [2.24, 2.45) is 5.41 Å². The first kappa shape index (κ1) is 42.6. The Balaban J connectivity index is 0.841. The molecule has 1 spiro atoms. The number of piperidine rings is 1. The largest absolute Gasteiger partial charge is 0.489 e. The molecule has 5 N–H and O–H groups in total. The van der Waals surface area contributed by atoms with Gasteiger partial charge in [0.15, 0.2) is 0 Å². The number of morpholine rings is 1. The Morgan fingerprint density at radius 1 is 1.02 bits per heavy atom. The SMILES string of the molecule is CC(C)c1ccccc1[C@@H]1CCCN1C1CC2(CCN(c3ccc(C(=O)NS(=O)(=O)c4cc(N)c5c(c4)OCC(C)(CN4CCOCC4)N5)c(Oc4cnc5[nH]ccc5c4)c3)CC2)C1. The van der Waals surface area contributed by atoms with E-state index in [1.807, 2.05) is 24.3 Å². The van der Waals surface area contributed by atoms with Crippen LogP contribution in [0, 0.1) is 5.41 Å². The summed E-state index contributed by atoms with van der Waals surface area (Å²) in [5.41, 5.74) is 11.8. The molecule has 0 radical (unpaired) electrons. The van der Waals surface area contributed by atoms with E-state index in [1.54, 1.807) is 18.5 Å². The Bertz CT molecular complexity index is 2650. The van der Waals surface area contributed by atoms with Gasteiger partial charge in [0.25, 0.3) is 15.9 Å². The lowest BCUT2D eigenvalue weighted by Crippen LogP contribution is -2.54. The third-order valence-electron chi connectivity index (χ3n) is 14.4. The molecule has 2 aromatic heterocycles. The number of likely N-dealkylation sites (tertiary alicyclic amines) is 1. The Morgan fingerprint density at radius 3 is 2.61 bits per heavy atom. The van der Waals surface area contributed by atoms with Crippen molar-refractivity contribution >= 4 is 44.0 Å². The van der Waals surface area contributed by atoms with E-state index in [0.717, 1.165) is 50.1 Å². The number of nitrogens with zero attached hydrogens (tertiary/aromatic N) is 4. The number of hydrogen-bond acceptors (Lipinski definition) is 12. The summed E-state index contributed by atoms with van der Waals surface area (Å²) >= 11 is 0. The number of pyridine rings is 1. The highest BCUT2D eigenvalue weighted by molar-refractivity contribution is 7.90. The van der Waals surface area contributed by atoms with Crippen LogP contribution in [0.15, 0.2) is 84.0 Å². The van der Waals surface area contributed by atoms with Crippen LogP contribution in [0.2, 0.25) is 0 Å². The zero-order valence-corrected chi connectivity index (χ0v) is 37.9. The molecule has 4 aliphatic heterocycles. The first-order chi connectivity index (χ1) is 30.8. The number of ether oxygens (including phenoxy) is 3. The van der Waals surface area contributed by atoms with Gasteiger partial charge in [-0.15, -0.1) is 0 Å². The van der Waals surface area contributed by atoms with Crippen LogP contribution in [0.1, 0.15) is 92.7 Å². The Morgan fingerprint density at radius 2 is 1.81 bits per heavy atom. The minimum atomic E-state index is -4.40. The zero-order chi connectivity index (χ0) is 44.2. The molecule has 3 saturated heterocycles. The number of carbonyl (C=O) groups is 1. The summed E-state index contributed by atoms with van der Waals surface area (Å²) in [4.78, 5) is 28.9. The molecule has 338 valence electrons. The van der Waals surface area contributed by atoms with E-state index in [4.69, 9.17) is 19.9 Å². The van der Waals surface area contributed by atoms with Gasteiger partial charge >= 0.3 is 0 Å². The maximum absolute atomic E-state index is 14.1. The van der Waals surface area contributed by atoms with Gasteiger partial charge in [-0.2, -0.15) is 0 Å². The summed E-state index contributed by atoms with van der Waals surface area (Å²) < 4.78 is 48.2. The molecule has 6 heterocycles. The first-order valence-corrected chi connectivity index (χ1v) is 24.4. The quantitative estimate of drug-likeness (QED) is 0.0958. The molecule has 2 atom stereocenters. The van der Waals surface area contributed by atoms with Crippen molar-refractivity contribution in [3.8, 4) is 17.2 Å². The van der Waals surface area contributed by atoms with E-state index in [0.29, 0.717) is 72.6 Å². The summed E-state index contributed by atoms with van der Waals surface area (Å²) in [6.45, 7) is 13.6. The number of aromatic amines is 1. The van der Waals surface area contributed by atoms with Gasteiger partial charge in [-0.3, -0.25) is 14.6 Å². The monoisotopic (exact) mass is 888 g/mol. The molecular formula is C49H60N8O6S. The number of fused-ring (bicyclic) bond motifs is 2. The van der Waals surface area contributed by atoms with Gasteiger partial charge in [-0.1, -0.05) is 38.1 Å². The molecule has 1 unspecified atom stereocenters. The first-order valence-electron chi connectivity index (χ1n) is 22.9. The third-order valence-corrected chi connectivity index (χ3v) is 15.7. The fraction of sp³-hybridized carbons (Fsp3) is 0.469. The van der Waals surface area contributed by atoms with Crippen LogP contribution in [0.5, 0.6) is 17.2 Å². The molecule has 5 aromatic rings. The van der Waals surface area contributed by atoms with E-state index in [2.05, 4.69) is 79.7 Å². The predicted molar refractivity (Wildman–Crippen MR) is 249 cm³/mol. The lowest BCUT2D eigenvalue weighted by molar-refractivity contribution is -0.0227. The molecule has 4 fully saturated rings. The highest BCUT2D eigenvalue weighted by Crippen LogP contribution is 2.54. The summed E-state index contributed by atoms with van der Waals surface area (Å²) in [6.07, 6.45) is 10.5. The van der Waals surface area contributed by atoms with E-state index < -0.39 is 21.5 Å². The Kier molecular flexibility index (Phi) is 11.2. The lowest BCUT2D eigenvalue weighted by atomic mass is 9.59. The summed E-state index contributed by atoms with van der Waals surface area (Å²) in [7, 11) is -4.40. The van der Waals surface area contributed by atoms with Crippen molar-refractivity contribution in [1.82, 2.24) is 24.5 Å². The zero-order valence-electron chi connectivity index (χ0n) is 37.1. The smallest absolute Gasteiger partial charge is 0.268 e. The van der Waals surface area contributed by atoms with Crippen LogP contribution in [0.4, 0.5) is 17.1 Å². The number of amides is 1. The minimum Gasteiger partial charge on any atom is -0.489 e. The van der Waals surface area contributed by atoms with Crippen LogP contribution < -0.4 is 30.1 Å². The van der Waals surface area contributed by atoms with Gasteiger partial charge in [-0.05, 0) is 105 Å². The van der Waals surface area contributed by atoms with Crippen molar-refractivity contribution in [2.75, 3.05) is 75.0 Å². The molecule has 0 bridgehead atoms. The maximum atomic E-state index is 14.1. The maximum Gasteiger partial charge on any atom is 0.268 e. The number of rotatable bonds is 11. The highest BCUT2D eigenvalue weighted by Gasteiger charge is 2.50. The van der Waals surface area contributed by atoms with Crippen molar-refractivity contribution in [1.29, 1.82) is 0 Å². The second-order valence-electron chi connectivity index (χ2n) is 19.3. The van der Waals surface area contributed by atoms with Gasteiger partial charge in [-0.25, -0.2) is 18.1 Å². The topological polar surface area (TPSA) is 167 Å². The molecule has 64 heavy (non-hydrogen) atoms. The average Bonchev–Trinajstić information content (AvgIpc) is 3.96. The van der Waals surface area contributed by atoms with E-state index in [-0.39, 0.29) is 21.9 Å². The van der Waals surface area contributed by atoms with Gasteiger partial charge in [0.05, 0.1) is 41.1 Å². The number of nitrogens with one attached hydrogen (secondary N) is 3. The number of anilines is 3. The number of hydrogen-bond donors (Lipinski definition) is 4. The van der Waals surface area contributed by atoms with Crippen LogP contribution >= 0.6 is 0 Å². The van der Waals surface area contributed by atoms with Gasteiger partial charge < -0.3 is 35.1 Å². The number of carbonyl (C=O) groups excluding carboxylic acids is 1. The second-order valence-corrected chi connectivity index (χ2v) is 21.0. The van der Waals surface area contributed by atoms with Crippen molar-refractivity contribution in [3.05, 3.63) is 95.8 Å². The van der Waals surface area contributed by atoms with E-state index in [9.17, 15) is 13.2 Å². The number of aromatic nitrogens is 2. The number of benzene rings is 3. The number of nitrogen functional groups attached to an aromatic ring is 1. The van der Waals surface area contributed by atoms with E-state index >= 15 is 0 Å². The molecule has 5 aliphatic rings. The average molecular weight is 889 g/mol. The van der Waals surface area contributed by atoms with Gasteiger partial charge in [0.2, 0.25) is 0 Å². The fourth-order valence-electron chi connectivity index (χ4n) is 11.0. The molecule has 1 amide bonds. The third kappa shape index (κ3) is 8.38. The van der Waals surface area contributed by atoms with Gasteiger partial charge in [0, 0.05) is 74.2 Å². The van der Waals surface area contributed by atoms with Crippen LogP contribution in [-0.2, 0) is 14.8 Å².